The number of carbonyl (C=O) groups is 1. The minimum atomic E-state index is -0.168. The second-order valence-electron chi connectivity index (χ2n) is 9.55. The van der Waals surface area contributed by atoms with Crippen molar-refractivity contribution >= 4 is 16.7 Å². The van der Waals surface area contributed by atoms with Crippen LogP contribution in [0.25, 0.3) is 10.8 Å². The van der Waals surface area contributed by atoms with Crippen LogP contribution in [0.15, 0.2) is 54.7 Å². The van der Waals surface area contributed by atoms with Gasteiger partial charge in [0.05, 0.1) is 11.6 Å². The molecular weight excluding hydrogens is 408 g/mol. The van der Waals surface area contributed by atoms with Crippen LogP contribution in [0, 0.1) is 11.3 Å². The van der Waals surface area contributed by atoms with Crippen LogP contribution in [0.4, 0.5) is 0 Å². The highest BCUT2D eigenvalue weighted by Gasteiger charge is 2.35. The number of amides is 1. The lowest BCUT2D eigenvalue weighted by molar-refractivity contribution is 0.0837. The molecule has 5 heteroatoms. The molecule has 1 aromatic heterocycles. The predicted octanol–water partition coefficient (Wildman–Crippen LogP) is 4.99. The maximum Gasteiger partial charge on any atom is 0.270 e. The Bertz CT molecular complexity index is 1200. The third-order valence-corrected chi connectivity index (χ3v) is 7.41. The minimum absolute atomic E-state index is 0.0540. The number of pyridine rings is 1. The summed E-state index contributed by atoms with van der Waals surface area (Å²) in [5, 5.41) is 14.6. The van der Waals surface area contributed by atoms with Crippen molar-refractivity contribution in [1.82, 2.24) is 15.2 Å². The molecule has 2 aliphatic rings. The summed E-state index contributed by atoms with van der Waals surface area (Å²) in [5.74, 6) is -0.0540. The monoisotopic (exact) mass is 438 g/mol. The van der Waals surface area contributed by atoms with E-state index in [4.69, 9.17) is 5.26 Å². The number of nitriles is 1. The van der Waals surface area contributed by atoms with Gasteiger partial charge in [-0.3, -0.25) is 14.7 Å². The molecule has 1 aliphatic carbocycles. The highest BCUT2D eigenvalue weighted by atomic mass is 16.2. The molecule has 0 bridgehead atoms. The number of benzene rings is 2. The highest BCUT2D eigenvalue weighted by molar-refractivity contribution is 6.05. The summed E-state index contributed by atoms with van der Waals surface area (Å²) in [6.45, 7) is 2.87. The molecule has 0 unspecified atom stereocenters. The Kier molecular flexibility index (Phi) is 6.11. The van der Waals surface area contributed by atoms with E-state index in [1.54, 1.807) is 6.20 Å². The Balaban J connectivity index is 1.30. The molecule has 168 valence electrons. The van der Waals surface area contributed by atoms with E-state index in [0.717, 1.165) is 74.5 Å². The van der Waals surface area contributed by atoms with E-state index in [1.807, 2.05) is 42.5 Å². The predicted molar refractivity (Wildman–Crippen MR) is 130 cm³/mol. The van der Waals surface area contributed by atoms with E-state index in [1.165, 1.54) is 17.5 Å². The van der Waals surface area contributed by atoms with Gasteiger partial charge >= 0.3 is 0 Å². The van der Waals surface area contributed by atoms with Crippen molar-refractivity contribution in [3.8, 4) is 6.07 Å². The molecular formula is C28H30N4O. The third-order valence-electron chi connectivity index (χ3n) is 7.41. The summed E-state index contributed by atoms with van der Waals surface area (Å²) in [6, 6.07) is 18.2. The fourth-order valence-electron chi connectivity index (χ4n) is 5.51. The van der Waals surface area contributed by atoms with Gasteiger partial charge in [0.1, 0.15) is 5.69 Å². The number of nitrogens with one attached hydrogen (secondary N) is 1. The Hall–Kier alpha value is -3.23. The molecule has 5 rings (SSSR count). The maximum absolute atomic E-state index is 13.4. The number of carbonyl (C=O) groups excluding carboxylic acids is 1. The zero-order valence-electron chi connectivity index (χ0n) is 19.0. The Morgan fingerprint density at radius 3 is 2.79 bits per heavy atom. The molecule has 2 heterocycles. The topological polar surface area (TPSA) is 69.0 Å². The van der Waals surface area contributed by atoms with Crippen molar-refractivity contribution in [1.29, 1.82) is 5.26 Å². The van der Waals surface area contributed by atoms with Crippen LogP contribution in [0.5, 0.6) is 0 Å². The fourth-order valence-corrected chi connectivity index (χ4v) is 5.51. The highest BCUT2D eigenvalue weighted by Crippen LogP contribution is 2.33. The SMILES string of the molecule is N#Cc1ccc2c(c1)CCN(CCC1(NC(=O)c3nccc4ccccc34)CCCCC1)C2. The zero-order chi connectivity index (χ0) is 22.7. The van der Waals surface area contributed by atoms with Crippen molar-refractivity contribution in [2.24, 2.45) is 0 Å². The number of nitrogens with zero attached hydrogens (tertiary/aromatic N) is 3. The van der Waals surface area contributed by atoms with Gasteiger partial charge in [-0.1, -0.05) is 49.6 Å². The molecule has 0 spiro atoms. The summed E-state index contributed by atoms with van der Waals surface area (Å²) in [6.07, 6.45) is 9.26. The van der Waals surface area contributed by atoms with Gasteiger partial charge in [0.25, 0.3) is 5.91 Å². The fraction of sp³-hybridized carbons (Fsp3) is 0.393. The first-order valence-electron chi connectivity index (χ1n) is 12.1. The van der Waals surface area contributed by atoms with E-state index in [2.05, 4.69) is 27.3 Å². The van der Waals surface area contributed by atoms with Gasteiger partial charge in [-0.15, -0.1) is 0 Å². The molecule has 1 N–H and O–H groups in total. The first-order chi connectivity index (χ1) is 16.2. The summed E-state index contributed by atoms with van der Waals surface area (Å²) in [5.41, 5.74) is 3.72. The van der Waals surface area contributed by atoms with Gasteiger partial charge in [0.15, 0.2) is 0 Å². The van der Waals surface area contributed by atoms with Crippen LogP contribution in [0.3, 0.4) is 0 Å². The van der Waals surface area contributed by atoms with Gasteiger partial charge < -0.3 is 5.32 Å². The molecule has 1 amide bonds. The van der Waals surface area contributed by atoms with Crippen molar-refractivity contribution in [2.45, 2.75) is 57.0 Å². The lowest BCUT2D eigenvalue weighted by Crippen LogP contribution is -2.52. The molecule has 33 heavy (non-hydrogen) atoms. The molecule has 5 nitrogen and oxygen atoms in total. The van der Waals surface area contributed by atoms with Gasteiger partial charge in [-0.05, 0) is 60.4 Å². The molecule has 1 aliphatic heterocycles. The Labute approximate surface area is 195 Å². The molecule has 0 radical (unpaired) electrons. The number of hydrogen-bond donors (Lipinski definition) is 1. The van der Waals surface area contributed by atoms with E-state index in [-0.39, 0.29) is 11.4 Å². The first kappa shape index (κ1) is 21.6. The van der Waals surface area contributed by atoms with Crippen LogP contribution in [-0.4, -0.2) is 34.4 Å². The summed E-state index contributed by atoms with van der Waals surface area (Å²) in [4.78, 5) is 20.3. The molecule has 1 fully saturated rings. The van der Waals surface area contributed by atoms with E-state index < -0.39 is 0 Å². The van der Waals surface area contributed by atoms with Crippen molar-refractivity contribution in [3.05, 3.63) is 77.1 Å². The van der Waals surface area contributed by atoms with Crippen LogP contribution < -0.4 is 5.32 Å². The van der Waals surface area contributed by atoms with Gasteiger partial charge in [-0.25, -0.2) is 0 Å². The van der Waals surface area contributed by atoms with Crippen LogP contribution in [0.1, 0.15) is 65.7 Å². The van der Waals surface area contributed by atoms with E-state index in [0.29, 0.717) is 5.69 Å². The smallest absolute Gasteiger partial charge is 0.270 e. The summed E-state index contributed by atoms with van der Waals surface area (Å²) < 4.78 is 0. The summed E-state index contributed by atoms with van der Waals surface area (Å²) >= 11 is 0. The number of hydrogen-bond acceptors (Lipinski definition) is 4. The van der Waals surface area contributed by atoms with Crippen molar-refractivity contribution in [2.75, 3.05) is 13.1 Å². The average molecular weight is 439 g/mol. The Morgan fingerprint density at radius 1 is 1.09 bits per heavy atom. The molecule has 1 saturated carbocycles. The lowest BCUT2D eigenvalue weighted by atomic mass is 9.78. The second kappa shape index (κ2) is 9.33. The van der Waals surface area contributed by atoms with Crippen LogP contribution >= 0.6 is 0 Å². The molecule has 3 aromatic rings. The first-order valence-corrected chi connectivity index (χ1v) is 12.1. The molecule has 2 aromatic carbocycles. The lowest BCUT2D eigenvalue weighted by Gasteiger charge is -2.40. The van der Waals surface area contributed by atoms with E-state index >= 15 is 0 Å². The molecule has 0 saturated heterocycles. The quantitative estimate of drug-likeness (QED) is 0.609. The van der Waals surface area contributed by atoms with Crippen molar-refractivity contribution < 1.29 is 4.79 Å². The van der Waals surface area contributed by atoms with Crippen LogP contribution in [-0.2, 0) is 13.0 Å². The normalized spacial score (nSPS) is 17.8. The number of aromatic nitrogens is 1. The standard InChI is InChI=1S/C28H30N4O/c29-19-21-8-9-24-20-32(16-11-23(24)18-21)17-14-28(12-4-1-5-13-28)31-27(33)26-25-7-3-2-6-22(25)10-15-30-26/h2-3,6-10,15,18H,1,4-5,11-14,16-17,20H2,(H,31,33). The van der Waals surface area contributed by atoms with Crippen LogP contribution in [0.2, 0.25) is 0 Å². The van der Waals surface area contributed by atoms with E-state index in [9.17, 15) is 4.79 Å². The zero-order valence-corrected chi connectivity index (χ0v) is 19.0. The summed E-state index contributed by atoms with van der Waals surface area (Å²) in [7, 11) is 0. The van der Waals surface area contributed by atoms with Gasteiger partial charge in [0.2, 0.25) is 0 Å². The maximum atomic E-state index is 13.4. The van der Waals surface area contributed by atoms with Crippen molar-refractivity contribution in [3.63, 3.8) is 0 Å². The second-order valence-corrected chi connectivity index (χ2v) is 9.55. The third kappa shape index (κ3) is 4.62. The van der Waals surface area contributed by atoms with Gasteiger partial charge in [-0.2, -0.15) is 5.26 Å². The average Bonchev–Trinajstić information content (AvgIpc) is 2.87. The largest absolute Gasteiger partial charge is 0.345 e. The Morgan fingerprint density at radius 2 is 1.94 bits per heavy atom. The minimum Gasteiger partial charge on any atom is -0.345 e. The van der Waals surface area contributed by atoms with Gasteiger partial charge in [0, 0.05) is 36.8 Å². The number of rotatable bonds is 5. The number of fused-ring (bicyclic) bond motifs is 2. The molecule has 0 atom stereocenters.